The molecule has 1 saturated carbocycles. The van der Waals surface area contributed by atoms with Crippen LogP contribution in [0.15, 0.2) is 35.1 Å². The van der Waals surface area contributed by atoms with Crippen molar-refractivity contribution in [1.82, 2.24) is 14.8 Å². The minimum Gasteiger partial charge on any atom is -0.396 e. The molecule has 0 bridgehead atoms. The summed E-state index contributed by atoms with van der Waals surface area (Å²) in [6, 6.07) is 9.87. The Morgan fingerprint density at radius 1 is 1.11 bits per heavy atom. The first kappa shape index (κ1) is 19.6. The van der Waals surface area contributed by atoms with Gasteiger partial charge in [0.15, 0.2) is 5.43 Å². The van der Waals surface area contributed by atoms with Gasteiger partial charge in [-0.25, -0.2) is 0 Å². The maximum Gasteiger partial charge on any atom is 0.189 e. The molecule has 5 nitrogen and oxygen atoms in total. The number of aromatic amines is 1. The van der Waals surface area contributed by atoms with Crippen molar-refractivity contribution in [2.75, 3.05) is 32.8 Å². The second-order valence-electron chi connectivity index (χ2n) is 8.60. The lowest BCUT2D eigenvalue weighted by atomic mass is 9.88. The molecular weight excluding hydrogens is 350 g/mol. The van der Waals surface area contributed by atoms with E-state index in [-0.39, 0.29) is 12.0 Å². The van der Waals surface area contributed by atoms with Crippen LogP contribution in [0.2, 0.25) is 0 Å². The fourth-order valence-corrected chi connectivity index (χ4v) is 5.04. The summed E-state index contributed by atoms with van der Waals surface area (Å²) in [6.07, 6.45) is 7.72. The van der Waals surface area contributed by atoms with Gasteiger partial charge in [0.05, 0.1) is 0 Å². The summed E-state index contributed by atoms with van der Waals surface area (Å²) < 4.78 is 0. The Balaban J connectivity index is 1.41. The monoisotopic (exact) mass is 383 g/mol. The highest BCUT2D eigenvalue weighted by Crippen LogP contribution is 2.26. The van der Waals surface area contributed by atoms with Gasteiger partial charge in [-0.05, 0) is 37.3 Å². The molecule has 4 rings (SSSR count). The van der Waals surface area contributed by atoms with E-state index < -0.39 is 0 Å². The Bertz CT molecular complexity index is 828. The number of fused-ring (bicyclic) bond motifs is 1. The number of aromatic nitrogens is 1. The zero-order valence-electron chi connectivity index (χ0n) is 16.8. The van der Waals surface area contributed by atoms with Crippen molar-refractivity contribution in [3.05, 3.63) is 46.2 Å². The predicted octanol–water partition coefficient (Wildman–Crippen LogP) is 2.98. The average Bonchev–Trinajstić information content (AvgIpc) is 2.71. The van der Waals surface area contributed by atoms with Crippen molar-refractivity contribution in [2.45, 2.75) is 51.1 Å². The summed E-state index contributed by atoms with van der Waals surface area (Å²) in [5, 5.41) is 10.3. The number of hydrogen-bond acceptors (Lipinski definition) is 4. The Kier molecular flexibility index (Phi) is 6.45. The second kappa shape index (κ2) is 9.21. The van der Waals surface area contributed by atoms with Crippen molar-refractivity contribution < 1.29 is 5.11 Å². The van der Waals surface area contributed by atoms with E-state index in [4.69, 9.17) is 0 Å². The molecule has 2 aromatic rings. The molecule has 1 aliphatic carbocycles. The molecule has 1 aliphatic heterocycles. The summed E-state index contributed by atoms with van der Waals surface area (Å²) in [7, 11) is 0. The number of H-pyrrole nitrogens is 1. The van der Waals surface area contributed by atoms with Gasteiger partial charge in [-0.1, -0.05) is 31.4 Å². The number of para-hydroxylation sites is 1. The Labute approximate surface area is 167 Å². The number of pyridine rings is 1. The van der Waals surface area contributed by atoms with Gasteiger partial charge in [-0.15, -0.1) is 0 Å². The SMILES string of the molecule is O=c1cc(CN2CCN(CC3CCCCC3)C(CCO)C2)[nH]c2ccccc12. The third kappa shape index (κ3) is 4.65. The van der Waals surface area contributed by atoms with Gasteiger partial charge in [0.1, 0.15) is 0 Å². The summed E-state index contributed by atoms with van der Waals surface area (Å²) >= 11 is 0. The molecule has 1 aromatic heterocycles. The van der Waals surface area contributed by atoms with Crippen molar-refractivity contribution in [3.63, 3.8) is 0 Å². The van der Waals surface area contributed by atoms with Crippen molar-refractivity contribution in [3.8, 4) is 0 Å². The van der Waals surface area contributed by atoms with Gasteiger partial charge in [-0.2, -0.15) is 0 Å². The molecule has 2 fully saturated rings. The van der Waals surface area contributed by atoms with Crippen LogP contribution in [0.4, 0.5) is 0 Å². The van der Waals surface area contributed by atoms with Crippen molar-refractivity contribution >= 4 is 10.9 Å². The fraction of sp³-hybridized carbons (Fsp3) is 0.609. The van der Waals surface area contributed by atoms with Crippen LogP contribution in [0, 0.1) is 5.92 Å². The molecule has 2 heterocycles. The number of aliphatic hydroxyl groups excluding tert-OH is 1. The van der Waals surface area contributed by atoms with E-state index in [9.17, 15) is 9.90 Å². The normalized spacial score (nSPS) is 22.7. The van der Waals surface area contributed by atoms with Crippen molar-refractivity contribution in [1.29, 1.82) is 0 Å². The highest BCUT2D eigenvalue weighted by molar-refractivity contribution is 5.78. The number of nitrogens with zero attached hydrogens (tertiary/aromatic N) is 2. The lowest BCUT2D eigenvalue weighted by Crippen LogP contribution is -2.54. The van der Waals surface area contributed by atoms with Crippen LogP contribution >= 0.6 is 0 Å². The third-order valence-corrected chi connectivity index (χ3v) is 6.56. The number of benzene rings is 1. The van der Waals surface area contributed by atoms with Crippen molar-refractivity contribution in [2.24, 2.45) is 5.92 Å². The van der Waals surface area contributed by atoms with E-state index in [1.54, 1.807) is 6.07 Å². The number of nitrogens with one attached hydrogen (secondary N) is 1. The van der Waals surface area contributed by atoms with E-state index in [1.807, 2.05) is 24.3 Å². The third-order valence-electron chi connectivity index (χ3n) is 6.56. The fourth-order valence-electron chi connectivity index (χ4n) is 5.04. The van der Waals surface area contributed by atoms with Gasteiger partial charge in [-0.3, -0.25) is 14.6 Å². The van der Waals surface area contributed by atoms with E-state index in [1.165, 1.54) is 38.6 Å². The van der Waals surface area contributed by atoms with Gasteiger partial charge in [0, 0.05) is 68.0 Å². The van der Waals surface area contributed by atoms with Crippen LogP contribution in [0.1, 0.15) is 44.2 Å². The van der Waals surface area contributed by atoms with E-state index in [0.29, 0.717) is 6.04 Å². The molecule has 1 unspecified atom stereocenters. The topological polar surface area (TPSA) is 59.6 Å². The maximum absolute atomic E-state index is 12.4. The molecule has 28 heavy (non-hydrogen) atoms. The first-order chi connectivity index (χ1) is 13.7. The van der Waals surface area contributed by atoms with Crippen LogP contribution in [-0.4, -0.2) is 58.7 Å². The van der Waals surface area contributed by atoms with Gasteiger partial charge >= 0.3 is 0 Å². The molecule has 2 aliphatic rings. The number of aliphatic hydroxyl groups is 1. The number of piperazine rings is 1. The van der Waals surface area contributed by atoms with E-state index in [2.05, 4.69) is 14.8 Å². The van der Waals surface area contributed by atoms with Gasteiger partial charge in [0.2, 0.25) is 0 Å². The molecule has 5 heteroatoms. The molecule has 0 radical (unpaired) electrons. The quantitative estimate of drug-likeness (QED) is 0.805. The molecule has 0 amide bonds. The van der Waals surface area contributed by atoms with Gasteiger partial charge < -0.3 is 10.1 Å². The first-order valence-corrected chi connectivity index (χ1v) is 10.9. The van der Waals surface area contributed by atoms with Crippen LogP contribution < -0.4 is 5.43 Å². The Hall–Kier alpha value is -1.69. The van der Waals surface area contributed by atoms with Crippen LogP contribution in [0.25, 0.3) is 10.9 Å². The molecule has 0 spiro atoms. The zero-order valence-corrected chi connectivity index (χ0v) is 16.8. The highest BCUT2D eigenvalue weighted by atomic mass is 16.3. The van der Waals surface area contributed by atoms with Crippen LogP contribution in [0.5, 0.6) is 0 Å². The predicted molar refractivity (Wildman–Crippen MR) is 113 cm³/mol. The van der Waals surface area contributed by atoms with E-state index >= 15 is 0 Å². The lowest BCUT2D eigenvalue weighted by molar-refractivity contribution is 0.0396. The van der Waals surface area contributed by atoms with Crippen LogP contribution in [-0.2, 0) is 6.54 Å². The largest absolute Gasteiger partial charge is 0.396 e. The molecule has 152 valence electrons. The summed E-state index contributed by atoms with van der Waals surface area (Å²) in [6.45, 7) is 5.22. The standard InChI is InChI=1S/C23H33N3O2/c27-13-10-20-17-25(11-12-26(20)15-18-6-2-1-3-7-18)16-19-14-23(28)21-8-4-5-9-22(21)24-19/h4-5,8-9,14,18,20,27H,1-3,6-7,10-13,15-17H2,(H,24,28). The molecule has 2 N–H and O–H groups in total. The summed E-state index contributed by atoms with van der Waals surface area (Å²) in [5.74, 6) is 0.832. The number of rotatable bonds is 6. The smallest absolute Gasteiger partial charge is 0.189 e. The minimum absolute atomic E-state index is 0.0900. The highest BCUT2D eigenvalue weighted by Gasteiger charge is 2.29. The average molecular weight is 384 g/mol. The molecule has 1 saturated heterocycles. The second-order valence-corrected chi connectivity index (χ2v) is 8.60. The van der Waals surface area contributed by atoms with Gasteiger partial charge in [0.25, 0.3) is 0 Å². The van der Waals surface area contributed by atoms with Crippen LogP contribution in [0.3, 0.4) is 0 Å². The lowest BCUT2D eigenvalue weighted by Gasteiger charge is -2.43. The molecular formula is C23H33N3O2. The molecule has 1 aromatic carbocycles. The Morgan fingerprint density at radius 2 is 1.93 bits per heavy atom. The number of hydrogen-bond donors (Lipinski definition) is 2. The summed E-state index contributed by atoms with van der Waals surface area (Å²) in [4.78, 5) is 20.9. The van der Waals surface area contributed by atoms with E-state index in [0.717, 1.165) is 55.1 Å². The summed E-state index contributed by atoms with van der Waals surface area (Å²) in [5.41, 5.74) is 1.98. The minimum atomic E-state index is 0.0900. The Morgan fingerprint density at radius 3 is 2.75 bits per heavy atom. The maximum atomic E-state index is 12.4. The zero-order chi connectivity index (χ0) is 19.3. The molecule has 1 atom stereocenters. The first-order valence-electron chi connectivity index (χ1n) is 10.9.